The quantitative estimate of drug-likeness (QED) is 0.792. The fraction of sp³-hybridized carbons (Fsp3) is 0.882. The summed E-state index contributed by atoms with van der Waals surface area (Å²) < 4.78 is 22.3. The molecule has 2 fully saturated rings. The number of rotatable bonds is 4. The molecule has 2 heterocycles. The third-order valence-electron chi connectivity index (χ3n) is 4.07. The van der Waals surface area contributed by atoms with E-state index in [1.165, 1.54) is 0 Å². The summed E-state index contributed by atoms with van der Waals surface area (Å²) in [5.41, 5.74) is -0.606. The highest BCUT2D eigenvalue weighted by Gasteiger charge is 2.41. The van der Waals surface area contributed by atoms with Crippen LogP contribution in [-0.2, 0) is 23.7 Å². The number of hydrogen-bond donors (Lipinski definition) is 2. The number of aliphatic carboxylic acids is 1. The first-order valence-electron chi connectivity index (χ1n) is 8.65. The summed E-state index contributed by atoms with van der Waals surface area (Å²) >= 11 is 0. The molecule has 25 heavy (non-hydrogen) atoms. The molecule has 2 rings (SSSR count). The average molecular weight is 359 g/mol. The largest absolute Gasteiger partial charge is 0.479 e. The van der Waals surface area contributed by atoms with E-state index in [-0.39, 0.29) is 12.1 Å². The number of amides is 1. The molecule has 2 aliphatic heterocycles. The van der Waals surface area contributed by atoms with Crippen LogP contribution < -0.4 is 5.32 Å². The summed E-state index contributed by atoms with van der Waals surface area (Å²) in [7, 11) is 0. The van der Waals surface area contributed by atoms with Crippen molar-refractivity contribution in [1.82, 2.24) is 5.32 Å². The van der Waals surface area contributed by atoms with Crippen molar-refractivity contribution in [1.29, 1.82) is 0 Å². The van der Waals surface area contributed by atoms with Gasteiger partial charge in [-0.05, 0) is 47.5 Å². The van der Waals surface area contributed by atoms with E-state index >= 15 is 0 Å². The van der Waals surface area contributed by atoms with E-state index in [9.17, 15) is 14.7 Å². The molecular formula is C17H29NO7. The van der Waals surface area contributed by atoms with Gasteiger partial charge in [-0.25, -0.2) is 9.59 Å². The summed E-state index contributed by atoms with van der Waals surface area (Å²) in [6, 6.07) is -0.335. The van der Waals surface area contributed by atoms with Gasteiger partial charge in [0.2, 0.25) is 0 Å². The Balaban J connectivity index is 2.00. The fourth-order valence-electron chi connectivity index (χ4n) is 3.05. The minimum Gasteiger partial charge on any atom is -0.479 e. The molecule has 8 heteroatoms. The summed E-state index contributed by atoms with van der Waals surface area (Å²) in [6.07, 6.45) is -0.841. The lowest BCUT2D eigenvalue weighted by atomic mass is 9.94. The first-order chi connectivity index (χ1) is 11.5. The molecule has 0 saturated carbocycles. The molecule has 0 unspecified atom stereocenters. The van der Waals surface area contributed by atoms with Crippen LogP contribution in [0.1, 0.15) is 53.9 Å². The molecule has 0 aliphatic carbocycles. The zero-order valence-corrected chi connectivity index (χ0v) is 15.5. The molecular weight excluding hydrogens is 330 g/mol. The van der Waals surface area contributed by atoms with Crippen LogP contribution in [0.3, 0.4) is 0 Å². The van der Waals surface area contributed by atoms with E-state index < -0.39 is 35.7 Å². The van der Waals surface area contributed by atoms with Crippen LogP contribution >= 0.6 is 0 Å². The van der Waals surface area contributed by atoms with Crippen molar-refractivity contribution in [3.8, 4) is 0 Å². The first kappa shape index (κ1) is 19.9. The molecule has 0 spiro atoms. The third kappa shape index (κ3) is 6.13. The van der Waals surface area contributed by atoms with Gasteiger partial charge >= 0.3 is 12.1 Å². The van der Waals surface area contributed by atoms with Crippen molar-refractivity contribution >= 4 is 12.1 Å². The van der Waals surface area contributed by atoms with Crippen LogP contribution in [0.25, 0.3) is 0 Å². The van der Waals surface area contributed by atoms with Crippen LogP contribution in [0.4, 0.5) is 4.79 Å². The Hall–Kier alpha value is -1.38. The van der Waals surface area contributed by atoms with Gasteiger partial charge in [-0.15, -0.1) is 0 Å². The Morgan fingerprint density at radius 3 is 2.48 bits per heavy atom. The molecule has 2 N–H and O–H groups in total. The number of nitrogens with one attached hydrogen (secondary N) is 1. The number of hydrogen-bond acceptors (Lipinski definition) is 6. The molecule has 0 aromatic heterocycles. The number of carbonyl (C=O) groups is 2. The summed E-state index contributed by atoms with van der Waals surface area (Å²) in [5.74, 6) is -1.66. The second-order valence-electron chi connectivity index (χ2n) is 8.02. The van der Waals surface area contributed by atoms with Gasteiger partial charge in [0.05, 0.1) is 24.9 Å². The maximum Gasteiger partial charge on any atom is 0.407 e. The monoisotopic (exact) mass is 359 g/mol. The molecule has 0 bridgehead atoms. The summed E-state index contributed by atoms with van der Waals surface area (Å²) in [4.78, 5) is 23.3. The Bertz CT molecular complexity index is 500. The number of carboxylic acids is 1. The Kier molecular flexibility index (Phi) is 5.96. The molecule has 2 saturated heterocycles. The van der Waals surface area contributed by atoms with Gasteiger partial charge in [-0.2, -0.15) is 0 Å². The third-order valence-corrected chi connectivity index (χ3v) is 4.07. The van der Waals surface area contributed by atoms with E-state index in [1.807, 2.05) is 13.8 Å². The van der Waals surface area contributed by atoms with E-state index in [4.69, 9.17) is 18.9 Å². The zero-order chi connectivity index (χ0) is 18.8. The molecule has 2 aliphatic rings. The first-order valence-corrected chi connectivity index (χ1v) is 8.65. The van der Waals surface area contributed by atoms with Crippen molar-refractivity contribution < 1.29 is 33.6 Å². The van der Waals surface area contributed by atoms with E-state index in [0.717, 1.165) is 0 Å². The highest BCUT2D eigenvalue weighted by Crippen LogP contribution is 2.30. The lowest BCUT2D eigenvalue weighted by Crippen LogP contribution is -2.52. The predicted octanol–water partition coefficient (Wildman–Crippen LogP) is 2.05. The molecule has 0 aromatic rings. The Morgan fingerprint density at radius 1 is 1.28 bits per heavy atom. The van der Waals surface area contributed by atoms with E-state index in [2.05, 4.69) is 5.32 Å². The second kappa shape index (κ2) is 7.47. The van der Waals surface area contributed by atoms with Gasteiger partial charge < -0.3 is 29.4 Å². The normalized spacial score (nSPS) is 32.2. The maximum absolute atomic E-state index is 12.1. The lowest BCUT2D eigenvalue weighted by Gasteiger charge is -2.36. The van der Waals surface area contributed by atoms with Gasteiger partial charge in [0, 0.05) is 6.42 Å². The molecule has 1 amide bonds. The number of alkyl carbamates (subject to hydrolysis) is 1. The van der Waals surface area contributed by atoms with Gasteiger partial charge in [0.1, 0.15) is 5.60 Å². The van der Waals surface area contributed by atoms with Crippen molar-refractivity contribution in [3.63, 3.8) is 0 Å². The number of ether oxygens (including phenoxy) is 4. The standard InChI is InChI=1S/C17H29NO7/c1-16(2,3)25-15(21)18-11-6-7-12(14(19)20)23-13(11)8-10-9-22-17(4,5)24-10/h10-13H,6-9H2,1-5H3,(H,18,21)(H,19,20)/t10-,11+,12-,13+/m0/s1. The lowest BCUT2D eigenvalue weighted by molar-refractivity contribution is -0.167. The average Bonchev–Trinajstić information content (AvgIpc) is 2.77. The number of carboxylic acid groups (broad SMARTS) is 1. The van der Waals surface area contributed by atoms with Gasteiger partial charge in [-0.1, -0.05) is 0 Å². The van der Waals surface area contributed by atoms with Crippen molar-refractivity contribution in [2.45, 2.75) is 89.6 Å². The van der Waals surface area contributed by atoms with E-state index in [1.54, 1.807) is 20.8 Å². The zero-order valence-electron chi connectivity index (χ0n) is 15.5. The predicted molar refractivity (Wildman–Crippen MR) is 88.2 cm³/mol. The summed E-state index contributed by atoms with van der Waals surface area (Å²) in [5, 5.41) is 12.0. The highest BCUT2D eigenvalue weighted by molar-refractivity contribution is 5.72. The van der Waals surface area contributed by atoms with Gasteiger partial charge in [0.25, 0.3) is 0 Å². The Labute approximate surface area is 148 Å². The molecule has 8 nitrogen and oxygen atoms in total. The van der Waals surface area contributed by atoms with Crippen LogP contribution in [0, 0.1) is 0 Å². The topological polar surface area (TPSA) is 103 Å². The SMILES string of the molecule is CC(C)(C)OC(=O)N[C@@H]1CC[C@@H](C(=O)O)O[C@@H]1C[C@H]1COC(C)(C)O1. The minimum atomic E-state index is -0.996. The number of carbonyl (C=O) groups excluding carboxylic acids is 1. The second-order valence-corrected chi connectivity index (χ2v) is 8.02. The van der Waals surface area contributed by atoms with Crippen molar-refractivity contribution in [3.05, 3.63) is 0 Å². The molecule has 144 valence electrons. The van der Waals surface area contributed by atoms with E-state index in [0.29, 0.717) is 25.9 Å². The molecule has 4 atom stereocenters. The Morgan fingerprint density at radius 2 is 1.96 bits per heavy atom. The van der Waals surface area contributed by atoms with Gasteiger partial charge in [0.15, 0.2) is 11.9 Å². The highest BCUT2D eigenvalue weighted by atomic mass is 16.7. The maximum atomic E-state index is 12.1. The summed E-state index contributed by atoms with van der Waals surface area (Å²) in [6.45, 7) is 9.41. The van der Waals surface area contributed by atoms with Crippen molar-refractivity contribution in [2.24, 2.45) is 0 Å². The van der Waals surface area contributed by atoms with Crippen LogP contribution in [0.5, 0.6) is 0 Å². The fourth-order valence-corrected chi connectivity index (χ4v) is 3.05. The molecule has 0 radical (unpaired) electrons. The minimum absolute atomic E-state index is 0.213. The van der Waals surface area contributed by atoms with Gasteiger partial charge in [-0.3, -0.25) is 0 Å². The smallest absolute Gasteiger partial charge is 0.407 e. The van der Waals surface area contributed by atoms with Crippen LogP contribution in [0.15, 0.2) is 0 Å². The van der Waals surface area contributed by atoms with Crippen molar-refractivity contribution in [2.75, 3.05) is 6.61 Å². The molecule has 0 aromatic carbocycles. The van der Waals surface area contributed by atoms with Crippen LogP contribution in [0.2, 0.25) is 0 Å². The van der Waals surface area contributed by atoms with Crippen LogP contribution in [-0.4, -0.2) is 59.5 Å².